The lowest BCUT2D eigenvalue weighted by atomic mass is 9.68. The van der Waals surface area contributed by atoms with E-state index in [4.69, 9.17) is 0 Å². The van der Waals surface area contributed by atoms with Gasteiger partial charge in [0, 0.05) is 5.56 Å². The molecule has 156 valence electrons. The first kappa shape index (κ1) is 22.0. The number of rotatable bonds is 3. The summed E-state index contributed by atoms with van der Waals surface area (Å²) < 4.78 is 29.9. The van der Waals surface area contributed by atoms with E-state index in [1.807, 2.05) is 51.2 Å². The highest BCUT2D eigenvalue weighted by Crippen LogP contribution is 2.44. The van der Waals surface area contributed by atoms with Crippen LogP contribution in [-0.2, 0) is 0 Å². The predicted molar refractivity (Wildman–Crippen MR) is 133 cm³/mol. The second kappa shape index (κ2) is 9.49. The molecule has 0 saturated heterocycles. The van der Waals surface area contributed by atoms with Crippen LogP contribution in [0.25, 0.3) is 11.1 Å². The Morgan fingerprint density at radius 2 is 1.31 bits per heavy atom. The first-order valence-corrected chi connectivity index (χ1v) is 13.0. The quantitative estimate of drug-likeness (QED) is 0.238. The van der Waals surface area contributed by atoms with Crippen LogP contribution in [0.4, 0.5) is 8.78 Å². The van der Waals surface area contributed by atoms with Crippen molar-refractivity contribution in [3.8, 4) is 11.1 Å². The lowest BCUT2D eigenvalue weighted by Crippen LogP contribution is -2.24. The van der Waals surface area contributed by atoms with E-state index in [-0.39, 0.29) is 11.6 Å². The highest BCUT2D eigenvalue weighted by molar-refractivity contribution is 14.1. The summed E-state index contributed by atoms with van der Waals surface area (Å²) in [5.74, 6) is 2.78. The van der Waals surface area contributed by atoms with Crippen molar-refractivity contribution in [2.24, 2.45) is 17.8 Å². The number of hydrogen-bond donors (Lipinski definition) is 0. The van der Waals surface area contributed by atoms with E-state index in [2.05, 4.69) is 13.0 Å². The zero-order chi connectivity index (χ0) is 20.5. The maximum absolute atomic E-state index is 15.0. The molecule has 2 fully saturated rings. The van der Waals surface area contributed by atoms with Crippen LogP contribution >= 0.6 is 45.2 Å². The van der Waals surface area contributed by atoms with Gasteiger partial charge in [0.1, 0.15) is 11.6 Å². The second-order valence-corrected chi connectivity index (χ2v) is 11.4. The minimum atomic E-state index is -0.226. The van der Waals surface area contributed by atoms with Crippen molar-refractivity contribution < 1.29 is 8.78 Å². The molecule has 0 amide bonds. The van der Waals surface area contributed by atoms with E-state index in [0.29, 0.717) is 18.6 Å². The van der Waals surface area contributed by atoms with Crippen molar-refractivity contribution in [2.45, 2.75) is 64.2 Å². The smallest absolute Gasteiger partial charge is 0.149 e. The third-order valence-corrected chi connectivity index (χ3v) is 8.83. The topological polar surface area (TPSA) is 0 Å². The second-order valence-electron chi connectivity index (χ2n) is 9.12. The molecule has 0 aromatic heterocycles. The van der Waals surface area contributed by atoms with Crippen molar-refractivity contribution >= 4 is 45.2 Å². The Morgan fingerprint density at radius 1 is 0.759 bits per heavy atom. The molecule has 2 aromatic carbocycles. The SMILES string of the molecule is CC1CCC(C2CCC(c3ccc(-c4cc(I)c(F)c(I)c4)c(F)c3)CC2)CC1. The van der Waals surface area contributed by atoms with Gasteiger partial charge in [-0.05, 0) is 137 Å². The Labute approximate surface area is 200 Å². The van der Waals surface area contributed by atoms with Gasteiger partial charge in [0.25, 0.3) is 0 Å². The van der Waals surface area contributed by atoms with Crippen molar-refractivity contribution in [3.63, 3.8) is 0 Å². The normalized spacial score (nSPS) is 27.8. The zero-order valence-corrected chi connectivity index (χ0v) is 21.2. The molecule has 0 bridgehead atoms. The third-order valence-electron chi connectivity index (χ3n) is 7.26. The summed E-state index contributed by atoms with van der Waals surface area (Å²) in [6, 6.07) is 9.16. The molecule has 2 aromatic rings. The van der Waals surface area contributed by atoms with Crippen molar-refractivity contribution in [1.82, 2.24) is 0 Å². The molecule has 0 unspecified atom stereocenters. The van der Waals surface area contributed by atoms with Gasteiger partial charge in [0.15, 0.2) is 0 Å². The number of benzene rings is 2. The van der Waals surface area contributed by atoms with Gasteiger partial charge in [-0.2, -0.15) is 0 Å². The Bertz CT molecular complexity index is 840. The highest BCUT2D eigenvalue weighted by Gasteiger charge is 2.30. The fraction of sp³-hybridized carbons (Fsp3) is 0.520. The molecule has 0 spiro atoms. The van der Waals surface area contributed by atoms with Gasteiger partial charge in [-0.1, -0.05) is 31.9 Å². The summed E-state index contributed by atoms with van der Waals surface area (Å²) in [6.45, 7) is 2.39. The van der Waals surface area contributed by atoms with Gasteiger partial charge in [0.05, 0.1) is 7.14 Å². The van der Waals surface area contributed by atoms with Gasteiger partial charge < -0.3 is 0 Å². The van der Waals surface area contributed by atoms with Gasteiger partial charge in [0.2, 0.25) is 0 Å². The van der Waals surface area contributed by atoms with Crippen LogP contribution in [0, 0.1) is 36.5 Å². The maximum atomic E-state index is 15.0. The van der Waals surface area contributed by atoms with Crippen molar-refractivity contribution in [2.75, 3.05) is 0 Å². The fourth-order valence-corrected chi connectivity index (χ4v) is 7.18. The number of halogens is 4. The average molecular weight is 620 g/mol. The summed E-state index contributed by atoms with van der Waals surface area (Å²) in [7, 11) is 0. The standard InChI is InChI=1S/C25H28F2I2/c1-15-2-4-16(5-3-15)17-6-8-18(9-7-17)19-10-11-21(22(26)12-19)20-13-23(28)25(27)24(29)14-20/h10-18H,2-9H2,1H3. The highest BCUT2D eigenvalue weighted by atomic mass is 127. The first-order valence-electron chi connectivity index (χ1n) is 10.9. The van der Waals surface area contributed by atoms with E-state index < -0.39 is 0 Å². The lowest BCUT2D eigenvalue weighted by molar-refractivity contribution is 0.165. The van der Waals surface area contributed by atoms with E-state index in [9.17, 15) is 8.78 Å². The van der Waals surface area contributed by atoms with Crippen LogP contribution in [0.15, 0.2) is 30.3 Å². The van der Waals surface area contributed by atoms with Crippen LogP contribution in [-0.4, -0.2) is 0 Å². The Kier molecular flexibility index (Phi) is 7.19. The molecule has 2 aliphatic carbocycles. The van der Waals surface area contributed by atoms with E-state index in [0.717, 1.165) is 28.9 Å². The summed E-state index contributed by atoms with van der Waals surface area (Å²) >= 11 is 3.95. The summed E-state index contributed by atoms with van der Waals surface area (Å²) in [6.07, 6.45) is 10.6. The minimum Gasteiger partial charge on any atom is -0.206 e. The zero-order valence-electron chi connectivity index (χ0n) is 16.9. The molecule has 4 heteroatoms. The van der Waals surface area contributed by atoms with Crippen LogP contribution in [0.1, 0.15) is 69.8 Å². The number of hydrogen-bond acceptors (Lipinski definition) is 0. The van der Waals surface area contributed by atoms with Gasteiger partial charge in [-0.3, -0.25) is 0 Å². The molecule has 2 saturated carbocycles. The molecular formula is C25H28F2I2. The van der Waals surface area contributed by atoms with Crippen LogP contribution < -0.4 is 0 Å². The molecule has 0 heterocycles. The van der Waals surface area contributed by atoms with Crippen molar-refractivity contribution in [3.05, 3.63) is 54.7 Å². The Balaban J connectivity index is 1.44. The van der Waals surface area contributed by atoms with Gasteiger partial charge >= 0.3 is 0 Å². The molecular weight excluding hydrogens is 592 g/mol. The minimum absolute atomic E-state index is 0.191. The molecule has 0 atom stereocenters. The summed E-state index contributed by atoms with van der Waals surface area (Å²) in [4.78, 5) is 0. The maximum Gasteiger partial charge on any atom is 0.149 e. The van der Waals surface area contributed by atoms with Crippen molar-refractivity contribution in [1.29, 1.82) is 0 Å². The Morgan fingerprint density at radius 3 is 1.86 bits per heavy atom. The molecule has 0 nitrogen and oxygen atoms in total. The summed E-state index contributed by atoms with van der Waals surface area (Å²) in [5.41, 5.74) is 2.45. The van der Waals surface area contributed by atoms with Crippen LogP contribution in [0.2, 0.25) is 0 Å². The third kappa shape index (κ3) is 4.99. The van der Waals surface area contributed by atoms with E-state index in [1.165, 1.54) is 51.4 Å². The Hall–Kier alpha value is -0.240. The lowest BCUT2D eigenvalue weighted by Gasteiger charge is -2.37. The molecule has 2 aliphatic rings. The van der Waals surface area contributed by atoms with Gasteiger partial charge in [-0.25, -0.2) is 8.78 Å². The molecule has 0 N–H and O–H groups in total. The van der Waals surface area contributed by atoms with Crippen LogP contribution in [0.5, 0.6) is 0 Å². The summed E-state index contributed by atoms with van der Waals surface area (Å²) in [5, 5.41) is 0. The molecule has 29 heavy (non-hydrogen) atoms. The fourth-order valence-electron chi connectivity index (χ4n) is 5.41. The average Bonchev–Trinajstić information content (AvgIpc) is 2.72. The molecule has 0 aliphatic heterocycles. The largest absolute Gasteiger partial charge is 0.206 e. The first-order chi connectivity index (χ1) is 13.9. The van der Waals surface area contributed by atoms with Gasteiger partial charge in [-0.15, -0.1) is 0 Å². The predicted octanol–water partition coefficient (Wildman–Crippen LogP) is 8.94. The van der Waals surface area contributed by atoms with E-state index >= 15 is 0 Å². The van der Waals surface area contributed by atoms with Crippen LogP contribution in [0.3, 0.4) is 0 Å². The van der Waals surface area contributed by atoms with E-state index in [1.54, 1.807) is 18.2 Å². The molecule has 4 rings (SSSR count). The monoisotopic (exact) mass is 620 g/mol. The molecule has 0 radical (unpaired) electrons.